The van der Waals surface area contributed by atoms with E-state index in [9.17, 15) is 10.4 Å². The predicted octanol–water partition coefficient (Wildman–Crippen LogP) is 2.80. The molecule has 0 aliphatic heterocycles. The van der Waals surface area contributed by atoms with Crippen LogP contribution in [0.25, 0.3) is 0 Å². The fourth-order valence-electron chi connectivity index (χ4n) is 3.01. The molecule has 3 N–H and O–H groups in total. The Labute approximate surface area is 124 Å². The lowest BCUT2D eigenvalue weighted by molar-refractivity contribution is 0.0724. The van der Waals surface area contributed by atoms with Crippen LogP contribution in [0.1, 0.15) is 23.5 Å². The summed E-state index contributed by atoms with van der Waals surface area (Å²) < 4.78 is 0. The Bertz CT molecular complexity index is 716. The molecule has 1 aliphatic rings. The first kappa shape index (κ1) is 13.4. The van der Waals surface area contributed by atoms with Crippen LogP contribution in [-0.4, -0.2) is 5.11 Å². The Hall–Kier alpha value is -2.57. The molecule has 2 aromatic rings. The third-order valence-corrected chi connectivity index (χ3v) is 4.16. The molecule has 3 nitrogen and oxygen atoms in total. The summed E-state index contributed by atoms with van der Waals surface area (Å²) in [6.45, 7) is 0. The summed E-state index contributed by atoms with van der Waals surface area (Å²) in [4.78, 5) is 0. The van der Waals surface area contributed by atoms with Gasteiger partial charge in [0.1, 0.15) is 5.60 Å². The SMILES string of the molecule is N#CC1=C(N)[C@](O)(c2ccccc2)C[C@@H]1c1ccccc1. The number of hydrogen-bond acceptors (Lipinski definition) is 3. The fraction of sp³-hybridized carbons (Fsp3) is 0.167. The molecule has 21 heavy (non-hydrogen) atoms. The first-order chi connectivity index (χ1) is 10.2. The van der Waals surface area contributed by atoms with Gasteiger partial charge in [0.2, 0.25) is 0 Å². The van der Waals surface area contributed by atoms with Gasteiger partial charge in [0.15, 0.2) is 0 Å². The Morgan fingerprint density at radius 2 is 1.62 bits per heavy atom. The van der Waals surface area contributed by atoms with Crippen molar-refractivity contribution in [1.29, 1.82) is 5.26 Å². The minimum absolute atomic E-state index is 0.165. The average Bonchev–Trinajstić information content (AvgIpc) is 2.82. The van der Waals surface area contributed by atoms with Gasteiger partial charge in [-0.1, -0.05) is 60.7 Å². The maximum Gasteiger partial charge on any atom is 0.131 e. The van der Waals surface area contributed by atoms with Crippen molar-refractivity contribution in [2.45, 2.75) is 17.9 Å². The lowest BCUT2D eigenvalue weighted by Crippen LogP contribution is -2.29. The molecular weight excluding hydrogens is 260 g/mol. The highest BCUT2D eigenvalue weighted by molar-refractivity contribution is 5.50. The zero-order valence-electron chi connectivity index (χ0n) is 11.5. The highest BCUT2D eigenvalue weighted by atomic mass is 16.3. The lowest BCUT2D eigenvalue weighted by atomic mass is 9.86. The van der Waals surface area contributed by atoms with E-state index in [1.807, 2.05) is 60.7 Å². The fourth-order valence-corrected chi connectivity index (χ4v) is 3.01. The van der Waals surface area contributed by atoms with E-state index in [4.69, 9.17) is 5.73 Å². The van der Waals surface area contributed by atoms with Crippen molar-refractivity contribution in [2.24, 2.45) is 5.73 Å². The molecule has 2 atom stereocenters. The molecule has 3 rings (SSSR count). The predicted molar refractivity (Wildman–Crippen MR) is 81.0 cm³/mol. The third kappa shape index (κ3) is 2.10. The first-order valence-corrected chi connectivity index (χ1v) is 6.90. The van der Waals surface area contributed by atoms with Crippen molar-refractivity contribution < 1.29 is 5.11 Å². The lowest BCUT2D eigenvalue weighted by Gasteiger charge is -2.25. The Balaban J connectivity index is 2.09. The van der Waals surface area contributed by atoms with E-state index >= 15 is 0 Å². The monoisotopic (exact) mass is 276 g/mol. The number of allylic oxidation sites excluding steroid dienone is 1. The molecule has 0 spiro atoms. The largest absolute Gasteiger partial charge is 0.399 e. The Morgan fingerprint density at radius 1 is 1.05 bits per heavy atom. The number of benzene rings is 2. The summed E-state index contributed by atoms with van der Waals surface area (Å²) in [5.74, 6) is -0.165. The topological polar surface area (TPSA) is 70.0 Å². The molecule has 0 heterocycles. The van der Waals surface area contributed by atoms with Crippen LogP contribution in [0.2, 0.25) is 0 Å². The third-order valence-electron chi connectivity index (χ3n) is 4.16. The number of hydrogen-bond donors (Lipinski definition) is 2. The van der Waals surface area contributed by atoms with Gasteiger partial charge in [-0.15, -0.1) is 0 Å². The second-order valence-electron chi connectivity index (χ2n) is 5.33. The smallest absolute Gasteiger partial charge is 0.131 e. The summed E-state index contributed by atoms with van der Waals surface area (Å²) in [6.07, 6.45) is 0.399. The molecular formula is C18H16N2O. The zero-order chi connectivity index (χ0) is 14.9. The van der Waals surface area contributed by atoms with Crippen LogP contribution >= 0.6 is 0 Å². The number of rotatable bonds is 2. The van der Waals surface area contributed by atoms with Gasteiger partial charge in [-0.2, -0.15) is 5.26 Å². The Morgan fingerprint density at radius 3 is 2.19 bits per heavy atom. The molecule has 0 bridgehead atoms. The highest BCUT2D eigenvalue weighted by Gasteiger charge is 2.45. The van der Waals surface area contributed by atoms with Gasteiger partial charge in [-0.25, -0.2) is 0 Å². The molecule has 2 aromatic carbocycles. The molecule has 0 saturated carbocycles. The van der Waals surface area contributed by atoms with Gasteiger partial charge in [-0.3, -0.25) is 0 Å². The van der Waals surface area contributed by atoms with Gasteiger partial charge in [0, 0.05) is 5.92 Å². The van der Waals surface area contributed by atoms with E-state index in [2.05, 4.69) is 6.07 Å². The van der Waals surface area contributed by atoms with Gasteiger partial charge >= 0.3 is 0 Å². The number of nitrogens with two attached hydrogens (primary N) is 1. The van der Waals surface area contributed by atoms with Crippen LogP contribution in [0.5, 0.6) is 0 Å². The van der Waals surface area contributed by atoms with Crippen LogP contribution in [0.3, 0.4) is 0 Å². The highest BCUT2D eigenvalue weighted by Crippen LogP contribution is 2.48. The summed E-state index contributed by atoms with van der Waals surface area (Å²) >= 11 is 0. The summed E-state index contributed by atoms with van der Waals surface area (Å²) in [5, 5.41) is 20.5. The number of nitriles is 1. The van der Waals surface area contributed by atoms with E-state index in [1.165, 1.54) is 0 Å². The van der Waals surface area contributed by atoms with Crippen molar-refractivity contribution >= 4 is 0 Å². The van der Waals surface area contributed by atoms with Crippen LogP contribution in [0.15, 0.2) is 71.9 Å². The van der Waals surface area contributed by atoms with Gasteiger partial charge in [-0.05, 0) is 17.5 Å². The van der Waals surface area contributed by atoms with Crippen LogP contribution in [-0.2, 0) is 5.60 Å². The van der Waals surface area contributed by atoms with Gasteiger partial charge in [0.25, 0.3) is 0 Å². The van der Waals surface area contributed by atoms with E-state index < -0.39 is 5.60 Å². The number of aliphatic hydroxyl groups is 1. The normalized spacial score (nSPS) is 24.9. The minimum atomic E-state index is -1.27. The van der Waals surface area contributed by atoms with Gasteiger partial charge in [0.05, 0.1) is 17.3 Å². The van der Waals surface area contributed by atoms with Crippen molar-refractivity contribution in [3.05, 3.63) is 83.1 Å². The molecule has 0 unspecified atom stereocenters. The quantitative estimate of drug-likeness (QED) is 0.886. The molecule has 0 saturated heterocycles. The van der Waals surface area contributed by atoms with Crippen molar-refractivity contribution in [3.63, 3.8) is 0 Å². The van der Waals surface area contributed by atoms with E-state index in [0.717, 1.165) is 11.1 Å². The van der Waals surface area contributed by atoms with E-state index in [1.54, 1.807) is 0 Å². The molecule has 3 heteroatoms. The van der Waals surface area contributed by atoms with Crippen molar-refractivity contribution in [3.8, 4) is 6.07 Å². The summed E-state index contributed by atoms with van der Waals surface area (Å²) in [7, 11) is 0. The van der Waals surface area contributed by atoms with E-state index in [0.29, 0.717) is 12.0 Å². The molecule has 0 amide bonds. The van der Waals surface area contributed by atoms with Crippen molar-refractivity contribution in [2.75, 3.05) is 0 Å². The van der Waals surface area contributed by atoms with Crippen LogP contribution < -0.4 is 5.73 Å². The molecule has 0 fully saturated rings. The van der Waals surface area contributed by atoms with E-state index in [-0.39, 0.29) is 11.6 Å². The number of nitrogens with zero attached hydrogens (tertiary/aromatic N) is 1. The molecule has 0 radical (unpaired) electrons. The van der Waals surface area contributed by atoms with Crippen LogP contribution in [0.4, 0.5) is 0 Å². The molecule has 1 aliphatic carbocycles. The van der Waals surface area contributed by atoms with Crippen molar-refractivity contribution in [1.82, 2.24) is 0 Å². The Kier molecular flexibility index (Phi) is 3.25. The summed E-state index contributed by atoms with van der Waals surface area (Å²) in [6, 6.07) is 21.2. The zero-order valence-corrected chi connectivity index (χ0v) is 11.5. The van der Waals surface area contributed by atoms with Gasteiger partial charge < -0.3 is 10.8 Å². The minimum Gasteiger partial charge on any atom is -0.399 e. The standard InChI is InChI=1S/C18H16N2O/c19-12-16-15(13-7-3-1-4-8-13)11-18(21,17(16)20)14-9-5-2-6-10-14/h1-10,15,21H,11,20H2/t15-,18-/m1/s1. The maximum absolute atomic E-state index is 11.0. The van der Waals surface area contributed by atoms with Crippen LogP contribution in [0, 0.1) is 11.3 Å². The maximum atomic E-state index is 11.0. The average molecular weight is 276 g/mol. The second kappa shape index (κ2) is 5.08. The first-order valence-electron chi connectivity index (χ1n) is 6.90. The molecule has 0 aromatic heterocycles. The second-order valence-corrected chi connectivity index (χ2v) is 5.33. The summed E-state index contributed by atoms with van der Waals surface area (Å²) in [5.41, 5.74) is 7.33. The molecule has 104 valence electrons.